The molecule has 94 valence electrons. The molecule has 0 bridgehead atoms. The van der Waals surface area contributed by atoms with E-state index in [1.807, 2.05) is 24.4 Å². The fourth-order valence-corrected chi connectivity index (χ4v) is 2.13. The second-order valence-electron chi connectivity index (χ2n) is 4.47. The molecule has 2 aromatic rings. The molecule has 0 aliphatic carbocycles. The highest BCUT2D eigenvalue weighted by Crippen LogP contribution is 2.20. The standard InChI is InChI=1S/C12H16N6/c13-9-3-5-18(7-9)12-6-11(15-8-16-12)17-10-2-1-4-14-10/h1-2,4,6,8-9,14H,3,5,7,13H2,(H,15,16,17). The quantitative estimate of drug-likeness (QED) is 0.752. The van der Waals surface area contributed by atoms with Crippen LogP contribution >= 0.6 is 0 Å². The molecule has 0 amide bonds. The SMILES string of the molecule is NC1CCN(c2cc(Nc3ccc[nH]3)ncn2)C1. The highest BCUT2D eigenvalue weighted by Gasteiger charge is 2.20. The van der Waals surface area contributed by atoms with Crippen molar-refractivity contribution in [3.63, 3.8) is 0 Å². The van der Waals surface area contributed by atoms with Crippen LogP contribution in [0.3, 0.4) is 0 Å². The highest BCUT2D eigenvalue weighted by atomic mass is 15.2. The van der Waals surface area contributed by atoms with E-state index in [-0.39, 0.29) is 6.04 Å². The maximum Gasteiger partial charge on any atom is 0.136 e. The molecule has 3 heterocycles. The zero-order valence-electron chi connectivity index (χ0n) is 10.0. The Bertz CT molecular complexity index is 509. The van der Waals surface area contributed by atoms with Crippen LogP contribution in [0.4, 0.5) is 17.5 Å². The van der Waals surface area contributed by atoms with E-state index in [9.17, 15) is 0 Å². The third-order valence-corrected chi connectivity index (χ3v) is 3.06. The van der Waals surface area contributed by atoms with Crippen molar-refractivity contribution in [2.45, 2.75) is 12.5 Å². The topological polar surface area (TPSA) is 82.9 Å². The molecule has 4 N–H and O–H groups in total. The fourth-order valence-electron chi connectivity index (χ4n) is 2.13. The Kier molecular flexibility index (Phi) is 2.85. The van der Waals surface area contributed by atoms with Crippen LogP contribution in [0.15, 0.2) is 30.7 Å². The van der Waals surface area contributed by atoms with E-state index >= 15 is 0 Å². The van der Waals surface area contributed by atoms with Gasteiger partial charge in [-0.3, -0.25) is 0 Å². The Morgan fingerprint density at radius 1 is 1.44 bits per heavy atom. The van der Waals surface area contributed by atoms with Crippen LogP contribution in [0.2, 0.25) is 0 Å². The predicted molar refractivity (Wildman–Crippen MR) is 70.9 cm³/mol. The minimum Gasteiger partial charge on any atom is -0.355 e. The zero-order chi connectivity index (χ0) is 12.4. The summed E-state index contributed by atoms with van der Waals surface area (Å²) in [7, 11) is 0. The van der Waals surface area contributed by atoms with Gasteiger partial charge in [0.05, 0.1) is 0 Å². The molecule has 1 aliphatic rings. The van der Waals surface area contributed by atoms with Gasteiger partial charge in [0.1, 0.15) is 23.8 Å². The van der Waals surface area contributed by atoms with E-state index in [1.54, 1.807) is 6.33 Å². The molecule has 0 saturated carbocycles. The molecule has 1 saturated heterocycles. The minimum atomic E-state index is 0.250. The second-order valence-corrected chi connectivity index (χ2v) is 4.47. The summed E-state index contributed by atoms with van der Waals surface area (Å²) in [5, 5.41) is 3.19. The molecular formula is C12H16N6. The van der Waals surface area contributed by atoms with Crippen molar-refractivity contribution in [3.8, 4) is 0 Å². The van der Waals surface area contributed by atoms with Crippen LogP contribution in [0.5, 0.6) is 0 Å². The average molecular weight is 244 g/mol. The van der Waals surface area contributed by atoms with Crippen LogP contribution in [0.25, 0.3) is 0 Å². The van der Waals surface area contributed by atoms with Crippen LogP contribution in [-0.2, 0) is 0 Å². The number of hydrogen-bond donors (Lipinski definition) is 3. The first-order valence-corrected chi connectivity index (χ1v) is 6.04. The third kappa shape index (κ3) is 2.28. The fraction of sp³-hybridized carbons (Fsp3) is 0.333. The van der Waals surface area contributed by atoms with E-state index in [4.69, 9.17) is 5.73 Å². The van der Waals surface area contributed by atoms with E-state index in [0.29, 0.717) is 0 Å². The molecular weight excluding hydrogens is 228 g/mol. The number of hydrogen-bond acceptors (Lipinski definition) is 5. The normalized spacial score (nSPS) is 19.2. The predicted octanol–water partition coefficient (Wildman–Crippen LogP) is 1.09. The summed E-state index contributed by atoms with van der Waals surface area (Å²) >= 11 is 0. The van der Waals surface area contributed by atoms with Crippen molar-refractivity contribution in [3.05, 3.63) is 30.7 Å². The molecule has 3 rings (SSSR count). The molecule has 1 fully saturated rings. The van der Waals surface area contributed by atoms with Crippen molar-refractivity contribution in [1.29, 1.82) is 0 Å². The van der Waals surface area contributed by atoms with Crippen LogP contribution in [0.1, 0.15) is 6.42 Å². The number of nitrogens with zero attached hydrogens (tertiary/aromatic N) is 3. The van der Waals surface area contributed by atoms with Gasteiger partial charge in [-0.05, 0) is 18.6 Å². The summed E-state index contributed by atoms with van der Waals surface area (Å²) in [5.74, 6) is 2.62. The van der Waals surface area contributed by atoms with E-state index < -0.39 is 0 Å². The van der Waals surface area contributed by atoms with Crippen LogP contribution in [0, 0.1) is 0 Å². The Morgan fingerprint density at radius 3 is 3.11 bits per heavy atom. The number of anilines is 3. The lowest BCUT2D eigenvalue weighted by Crippen LogP contribution is -2.26. The van der Waals surface area contributed by atoms with E-state index in [0.717, 1.165) is 37.0 Å². The van der Waals surface area contributed by atoms with Gasteiger partial charge in [0.15, 0.2) is 0 Å². The van der Waals surface area contributed by atoms with Crippen molar-refractivity contribution in [2.24, 2.45) is 5.73 Å². The lowest BCUT2D eigenvalue weighted by atomic mass is 10.3. The molecule has 0 spiro atoms. The first-order chi connectivity index (χ1) is 8.81. The zero-order valence-corrected chi connectivity index (χ0v) is 10.0. The smallest absolute Gasteiger partial charge is 0.136 e. The van der Waals surface area contributed by atoms with E-state index in [1.165, 1.54) is 0 Å². The van der Waals surface area contributed by atoms with Gasteiger partial charge in [-0.25, -0.2) is 9.97 Å². The van der Waals surface area contributed by atoms with E-state index in [2.05, 4.69) is 25.2 Å². The number of H-pyrrole nitrogens is 1. The summed E-state index contributed by atoms with van der Waals surface area (Å²) in [6.07, 6.45) is 4.46. The van der Waals surface area contributed by atoms with Gasteiger partial charge in [0.25, 0.3) is 0 Å². The Balaban J connectivity index is 1.76. The Hall–Kier alpha value is -2.08. The van der Waals surface area contributed by atoms with Gasteiger partial charge in [-0.15, -0.1) is 0 Å². The van der Waals surface area contributed by atoms with Gasteiger partial charge < -0.3 is 20.9 Å². The largest absolute Gasteiger partial charge is 0.355 e. The molecule has 1 atom stereocenters. The number of aromatic nitrogens is 3. The van der Waals surface area contributed by atoms with Crippen molar-refractivity contribution in [2.75, 3.05) is 23.3 Å². The molecule has 18 heavy (non-hydrogen) atoms. The summed E-state index contributed by atoms with van der Waals surface area (Å²) in [6.45, 7) is 1.82. The van der Waals surface area contributed by atoms with Crippen molar-refractivity contribution >= 4 is 17.5 Å². The lowest BCUT2D eigenvalue weighted by Gasteiger charge is -2.17. The van der Waals surface area contributed by atoms with Gasteiger partial charge in [-0.2, -0.15) is 0 Å². The third-order valence-electron chi connectivity index (χ3n) is 3.06. The highest BCUT2D eigenvalue weighted by molar-refractivity contribution is 5.56. The molecule has 1 unspecified atom stereocenters. The molecule has 6 heteroatoms. The summed E-state index contributed by atoms with van der Waals surface area (Å²) in [4.78, 5) is 13.8. The Morgan fingerprint density at radius 2 is 2.39 bits per heavy atom. The first kappa shape index (κ1) is 11.0. The van der Waals surface area contributed by atoms with Crippen molar-refractivity contribution in [1.82, 2.24) is 15.0 Å². The van der Waals surface area contributed by atoms with Gasteiger partial charge in [-0.1, -0.05) is 0 Å². The summed E-state index contributed by atoms with van der Waals surface area (Å²) in [6, 6.07) is 6.08. The van der Waals surface area contributed by atoms with Crippen molar-refractivity contribution < 1.29 is 0 Å². The summed E-state index contributed by atoms with van der Waals surface area (Å²) in [5.41, 5.74) is 5.90. The van der Waals surface area contributed by atoms with Crippen LogP contribution < -0.4 is 16.0 Å². The van der Waals surface area contributed by atoms with Gasteiger partial charge in [0.2, 0.25) is 0 Å². The molecule has 6 nitrogen and oxygen atoms in total. The maximum atomic E-state index is 5.90. The van der Waals surface area contributed by atoms with Gasteiger partial charge >= 0.3 is 0 Å². The monoisotopic (exact) mass is 244 g/mol. The lowest BCUT2D eigenvalue weighted by molar-refractivity contribution is 0.751. The average Bonchev–Trinajstić information content (AvgIpc) is 3.01. The maximum absolute atomic E-state index is 5.90. The molecule has 1 aliphatic heterocycles. The van der Waals surface area contributed by atoms with Gasteiger partial charge in [0, 0.05) is 31.4 Å². The number of rotatable bonds is 3. The number of nitrogens with one attached hydrogen (secondary N) is 2. The molecule has 0 aromatic carbocycles. The molecule has 0 radical (unpaired) electrons. The summed E-state index contributed by atoms with van der Waals surface area (Å²) < 4.78 is 0. The molecule has 2 aromatic heterocycles. The first-order valence-electron chi connectivity index (χ1n) is 6.04. The number of aromatic amines is 1. The number of nitrogens with two attached hydrogens (primary N) is 1. The Labute approximate surface area is 105 Å². The second kappa shape index (κ2) is 4.66. The van der Waals surface area contributed by atoms with Crippen LogP contribution in [-0.4, -0.2) is 34.1 Å². The minimum absolute atomic E-state index is 0.250.